The smallest absolute Gasteiger partial charge is 0.550 e. The molecule has 0 amide bonds. The van der Waals surface area contributed by atoms with Crippen LogP contribution >= 0.6 is 0 Å². The maximum absolute atomic E-state index is 8.89. The third-order valence-corrected chi connectivity index (χ3v) is 0. The molecular formula is C4H10O6Rh. The van der Waals surface area contributed by atoms with E-state index in [1.165, 1.54) is 0 Å². The van der Waals surface area contributed by atoms with E-state index in [1.807, 2.05) is 0 Å². The third kappa shape index (κ3) is 1990. The number of hydrogen-bond acceptors (Lipinski definition) is 4. The molecule has 0 aromatic carbocycles. The molecule has 71 valence electrons. The molecule has 4 N–H and O–H groups in total. The number of rotatable bonds is 0. The van der Waals surface area contributed by atoms with E-state index in [0.717, 1.165) is 13.8 Å². The van der Waals surface area contributed by atoms with Crippen molar-refractivity contribution >= 4 is 11.9 Å². The monoisotopic (exact) mass is 257 g/mol. The summed E-state index contributed by atoms with van der Waals surface area (Å²) in [6, 6.07) is 0. The van der Waals surface area contributed by atoms with E-state index in [0.29, 0.717) is 0 Å². The van der Waals surface area contributed by atoms with E-state index in [9.17, 15) is 0 Å². The molecule has 0 aliphatic heterocycles. The van der Waals surface area contributed by atoms with Crippen LogP contribution in [0.15, 0.2) is 0 Å². The first-order valence-corrected chi connectivity index (χ1v) is 1.82. The molecule has 0 heterocycles. The molecule has 0 aliphatic carbocycles. The Morgan fingerprint density at radius 2 is 0.909 bits per heavy atom. The normalized spacial score (nSPS) is 4.55. The minimum atomic E-state index is -1.08. The first-order chi connectivity index (χ1) is 3.46. The van der Waals surface area contributed by atoms with E-state index < -0.39 is 11.9 Å². The van der Waals surface area contributed by atoms with Gasteiger partial charge in [0.05, 0.1) is 0 Å². The Hall–Kier alpha value is -0.517. The number of hydrogen-bond donors (Lipinski definition) is 0. The van der Waals surface area contributed by atoms with Crippen molar-refractivity contribution in [3.8, 4) is 0 Å². The Bertz CT molecular complexity index is 72.6. The Labute approximate surface area is 76.6 Å². The van der Waals surface area contributed by atoms with Gasteiger partial charge in [-0.1, -0.05) is 0 Å². The Morgan fingerprint density at radius 1 is 0.909 bits per heavy atom. The number of carbonyl (C=O) groups excluding carboxylic acids is 2. The van der Waals surface area contributed by atoms with Crippen molar-refractivity contribution < 1.29 is 50.2 Å². The predicted octanol–water partition coefficient (Wildman–Crippen LogP) is -4.14. The third-order valence-electron chi connectivity index (χ3n) is 0. The van der Waals surface area contributed by atoms with E-state index in [-0.39, 0.29) is 30.4 Å². The number of carboxylic acid groups (broad SMARTS) is 2. The number of carboxylic acids is 2. The Balaban J connectivity index is -0.0000000171. The van der Waals surface area contributed by atoms with Crippen LogP contribution in [0.2, 0.25) is 0 Å². The fourth-order valence-electron chi connectivity index (χ4n) is 0. The molecule has 0 spiro atoms. The molecule has 7 heteroatoms. The topological polar surface area (TPSA) is 143 Å². The van der Waals surface area contributed by atoms with E-state index in [4.69, 9.17) is 19.8 Å². The summed E-state index contributed by atoms with van der Waals surface area (Å²) in [5, 5.41) is 17.8. The van der Waals surface area contributed by atoms with Gasteiger partial charge in [-0.25, -0.2) is 0 Å². The first kappa shape index (κ1) is 31.4. The predicted molar refractivity (Wildman–Crippen MR) is 28.6 cm³/mol. The quantitative estimate of drug-likeness (QED) is 0.405. The average Bonchev–Trinajstić information content (AvgIpc) is 1.25. The fourth-order valence-corrected chi connectivity index (χ4v) is 0. The molecule has 11 heavy (non-hydrogen) atoms. The summed E-state index contributed by atoms with van der Waals surface area (Å²) >= 11 is 0. The molecule has 0 aromatic heterocycles. The second-order valence-electron chi connectivity index (χ2n) is 0.983. The minimum Gasteiger partial charge on any atom is -0.550 e. The van der Waals surface area contributed by atoms with Crippen LogP contribution in [0, 0.1) is 0 Å². The zero-order chi connectivity index (χ0) is 7.15. The van der Waals surface area contributed by atoms with E-state index in [1.54, 1.807) is 0 Å². The van der Waals surface area contributed by atoms with Gasteiger partial charge < -0.3 is 30.8 Å². The van der Waals surface area contributed by atoms with Crippen molar-refractivity contribution in [2.75, 3.05) is 0 Å². The first-order valence-electron chi connectivity index (χ1n) is 1.82. The van der Waals surface area contributed by atoms with Gasteiger partial charge in [0, 0.05) is 11.9 Å². The van der Waals surface area contributed by atoms with Gasteiger partial charge in [0.1, 0.15) is 0 Å². The van der Waals surface area contributed by atoms with Gasteiger partial charge in [-0.3, -0.25) is 0 Å². The second-order valence-corrected chi connectivity index (χ2v) is 0.983. The van der Waals surface area contributed by atoms with Crippen LogP contribution in [0.1, 0.15) is 13.8 Å². The molecule has 0 atom stereocenters. The molecule has 0 unspecified atom stereocenters. The largest absolute Gasteiger partial charge is 2.00 e. The molecule has 0 saturated heterocycles. The van der Waals surface area contributed by atoms with Crippen LogP contribution in [0.25, 0.3) is 0 Å². The second kappa shape index (κ2) is 22.7. The number of aliphatic carboxylic acids is 2. The minimum absolute atomic E-state index is 0. The fraction of sp³-hybridized carbons (Fsp3) is 0.500. The summed E-state index contributed by atoms with van der Waals surface area (Å²) in [6.45, 7) is 1.94. The van der Waals surface area contributed by atoms with Gasteiger partial charge >= 0.3 is 19.5 Å². The Kier molecular flexibility index (Phi) is 64.7. The van der Waals surface area contributed by atoms with Crippen molar-refractivity contribution in [3.63, 3.8) is 0 Å². The van der Waals surface area contributed by atoms with Crippen molar-refractivity contribution in [2.45, 2.75) is 13.8 Å². The van der Waals surface area contributed by atoms with Gasteiger partial charge in [0.25, 0.3) is 0 Å². The maximum Gasteiger partial charge on any atom is 2.00 e. The van der Waals surface area contributed by atoms with Crippen molar-refractivity contribution in [2.24, 2.45) is 0 Å². The zero-order valence-corrected chi connectivity index (χ0v) is 7.61. The summed E-state index contributed by atoms with van der Waals surface area (Å²) in [6.07, 6.45) is 0. The van der Waals surface area contributed by atoms with Crippen molar-refractivity contribution in [1.82, 2.24) is 0 Å². The maximum atomic E-state index is 8.89. The molecule has 6 nitrogen and oxygen atoms in total. The molecule has 0 fully saturated rings. The molecule has 0 saturated carbocycles. The van der Waals surface area contributed by atoms with Gasteiger partial charge in [0.15, 0.2) is 0 Å². The van der Waals surface area contributed by atoms with Gasteiger partial charge in [-0.2, -0.15) is 0 Å². The van der Waals surface area contributed by atoms with Crippen molar-refractivity contribution in [3.05, 3.63) is 0 Å². The molecular weight excluding hydrogens is 247 g/mol. The SMILES string of the molecule is CC(=O)[O-].CC(=O)[O-].O.O.[Rh+2]. The summed E-state index contributed by atoms with van der Waals surface area (Å²) in [4.78, 5) is 17.8. The molecule has 0 rings (SSSR count). The van der Waals surface area contributed by atoms with E-state index >= 15 is 0 Å². The Morgan fingerprint density at radius 3 is 0.909 bits per heavy atom. The summed E-state index contributed by atoms with van der Waals surface area (Å²) in [7, 11) is 0. The van der Waals surface area contributed by atoms with Crippen LogP contribution in [-0.4, -0.2) is 22.9 Å². The van der Waals surface area contributed by atoms with Crippen LogP contribution in [0.4, 0.5) is 0 Å². The van der Waals surface area contributed by atoms with Crippen LogP contribution in [-0.2, 0) is 29.1 Å². The molecule has 0 aromatic rings. The molecule has 0 bridgehead atoms. The van der Waals surface area contributed by atoms with Gasteiger partial charge in [-0.05, 0) is 13.8 Å². The van der Waals surface area contributed by atoms with Crippen LogP contribution < -0.4 is 10.2 Å². The molecule has 1 radical (unpaired) electrons. The summed E-state index contributed by atoms with van der Waals surface area (Å²) < 4.78 is 0. The van der Waals surface area contributed by atoms with Crippen LogP contribution in [0.5, 0.6) is 0 Å². The standard InChI is InChI=1S/2C2H4O2.2H2O.Rh/c2*1-2(3)4;;;/h2*1H3,(H,3,4);2*1H2;/q;;;;+2/p-2. The average molecular weight is 257 g/mol. The summed E-state index contributed by atoms with van der Waals surface area (Å²) in [5.41, 5.74) is 0. The number of carbonyl (C=O) groups is 2. The summed E-state index contributed by atoms with van der Waals surface area (Å²) in [5.74, 6) is -2.17. The van der Waals surface area contributed by atoms with Gasteiger partial charge in [0.2, 0.25) is 0 Å². The van der Waals surface area contributed by atoms with Crippen LogP contribution in [0.3, 0.4) is 0 Å². The van der Waals surface area contributed by atoms with Gasteiger partial charge in [-0.15, -0.1) is 0 Å². The molecule has 0 aliphatic rings. The van der Waals surface area contributed by atoms with E-state index in [2.05, 4.69) is 0 Å². The van der Waals surface area contributed by atoms with Crippen molar-refractivity contribution in [1.29, 1.82) is 0 Å². The zero-order valence-electron chi connectivity index (χ0n) is 5.97.